The highest BCUT2D eigenvalue weighted by Gasteiger charge is 2.32. The fourth-order valence-electron chi connectivity index (χ4n) is 3.32. The highest BCUT2D eigenvalue weighted by atomic mass is 79.9. The van der Waals surface area contributed by atoms with Gasteiger partial charge in [-0.15, -0.1) is 0 Å². The summed E-state index contributed by atoms with van der Waals surface area (Å²) < 4.78 is 25.0. The average Bonchev–Trinajstić information content (AvgIpc) is 3.33. The Labute approximate surface area is 180 Å². The number of carbonyl (C=O) groups excluding carboxylic acids is 1. The lowest BCUT2D eigenvalue weighted by molar-refractivity contribution is -0.113. The zero-order valence-electron chi connectivity index (χ0n) is 15.5. The molecule has 1 amide bonds. The number of halogens is 2. The summed E-state index contributed by atoms with van der Waals surface area (Å²) in [7, 11) is 0. The van der Waals surface area contributed by atoms with Gasteiger partial charge in [0.1, 0.15) is 17.3 Å². The van der Waals surface area contributed by atoms with E-state index >= 15 is 0 Å². The summed E-state index contributed by atoms with van der Waals surface area (Å²) in [6.45, 7) is 0.178. The van der Waals surface area contributed by atoms with Crippen LogP contribution in [0.5, 0.6) is 11.5 Å². The van der Waals surface area contributed by atoms with E-state index in [1.54, 1.807) is 30.3 Å². The van der Waals surface area contributed by atoms with Crippen LogP contribution in [0.2, 0.25) is 0 Å². The van der Waals surface area contributed by atoms with E-state index in [4.69, 9.17) is 9.47 Å². The molecule has 0 spiro atoms. The predicted molar refractivity (Wildman–Crippen MR) is 115 cm³/mol. The number of amides is 1. The third kappa shape index (κ3) is 3.37. The molecule has 30 heavy (non-hydrogen) atoms. The van der Waals surface area contributed by atoms with Crippen LogP contribution < -0.4 is 14.4 Å². The van der Waals surface area contributed by atoms with Crippen LogP contribution in [0.1, 0.15) is 11.1 Å². The Hall–Kier alpha value is -3.45. The first-order chi connectivity index (χ1) is 14.6. The van der Waals surface area contributed by atoms with Crippen LogP contribution in [-0.4, -0.2) is 18.5 Å². The molecule has 7 heteroatoms. The van der Waals surface area contributed by atoms with E-state index in [2.05, 4.69) is 20.9 Å². The minimum absolute atomic E-state index is 0.178. The minimum Gasteiger partial charge on any atom is -0.454 e. The van der Waals surface area contributed by atoms with Gasteiger partial charge in [0.15, 0.2) is 11.5 Å². The van der Waals surface area contributed by atoms with Gasteiger partial charge in [0.25, 0.3) is 5.91 Å². The molecule has 0 saturated carbocycles. The third-order valence-corrected chi connectivity index (χ3v) is 5.22. The van der Waals surface area contributed by atoms with Crippen molar-refractivity contribution in [2.45, 2.75) is 0 Å². The standard InChI is InChI=1S/C23H14BrFN2O3/c24-16-2-1-3-18(12-16)27-22(15-5-7-17(25)8-6-15)26-19(23(27)28)10-14-4-9-20-21(11-14)30-13-29-20/h1-12H,13H2/b19-10+. The molecule has 3 aromatic carbocycles. The van der Waals surface area contributed by atoms with Crippen molar-refractivity contribution in [1.29, 1.82) is 0 Å². The van der Waals surface area contributed by atoms with Crippen LogP contribution in [0.15, 0.2) is 81.9 Å². The first-order valence-corrected chi connectivity index (χ1v) is 9.94. The van der Waals surface area contributed by atoms with Crippen LogP contribution in [0, 0.1) is 5.82 Å². The van der Waals surface area contributed by atoms with Crippen LogP contribution in [0.4, 0.5) is 10.1 Å². The first-order valence-electron chi connectivity index (χ1n) is 9.14. The molecule has 148 valence electrons. The molecular formula is C23H14BrFN2O3. The smallest absolute Gasteiger partial charge is 0.282 e. The van der Waals surface area contributed by atoms with E-state index in [1.807, 2.05) is 30.3 Å². The van der Waals surface area contributed by atoms with Gasteiger partial charge in [-0.1, -0.05) is 28.1 Å². The molecule has 2 aliphatic heterocycles. The molecule has 0 N–H and O–H groups in total. The Bertz CT molecular complexity index is 1220. The molecule has 5 rings (SSSR count). The summed E-state index contributed by atoms with van der Waals surface area (Å²) in [5, 5.41) is 0. The summed E-state index contributed by atoms with van der Waals surface area (Å²) >= 11 is 3.44. The van der Waals surface area contributed by atoms with Crippen molar-refractivity contribution in [2.24, 2.45) is 4.99 Å². The molecule has 3 aromatic rings. The number of anilines is 1. The van der Waals surface area contributed by atoms with Gasteiger partial charge < -0.3 is 9.47 Å². The summed E-state index contributed by atoms with van der Waals surface area (Å²) in [4.78, 5) is 19.4. The maximum Gasteiger partial charge on any atom is 0.282 e. The predicted octanol–water partition coefficient (Wildman–Crippen LogP) is 5.15. The monoisotopic (exact) mass is 464 g/mol. The van der Waals surface area contributed by atoms with Gasteiger partial charge in [0, 0.05) is 10.0 Å². The molecule has 2 heterocycles. The molecule has 0 saturated heterocycles. The quantitative estimate of drug-likeness (QED) is 0.503. The number of carbonyl (C=O) groups is 1. The molecule has 0 aliphatic carbocycles. The van der Waals surface area contributed by atoms with Crippen molar-refractivity contribution in [3.63, 3.8) is 0 Å². The summed E-state index contributed by atoms with van der Waals surface area (Å²) in [6, 6.07) is 18.7. The number of hydrogen-bond donors (Lipinski definition) is 0. The molecule has 0 radical (unpaired) electrons. The SMILES string of the molecule is O=C1/C(=C\c2ccc3c(c2)OCO3)N=C(c2ccc(F)cc2)N1c1cccc(Br)c1. The van der Waals surface area contributed by atoms with E-state index in [0.29, 0.717) is 28.6 Å². The number of hydrogen-bond acceptors (Lipinski definition) is 4. The molecular weight excluding hydrogens is 451 g/mol. The fraction of sp³-hybridized carbons (Fsp3) is 0.0435. The largest absolute Gasteiger partial charge is 0.454 e. The number of benzene rings is 3. The molecule has 0 bridgehead atoms. The lowest BCUT2D eigenvalue weighted by Gasteiger charge is -2.18. The van der Waals surface area contributed by atoms with E-state index < -0.39 is 0 Å². The van der Waals surface area contributed by atoms with Gasteiger partial charge in [-0.3, -0.25) is 9.69 Å². The number of fused-ring (bicyclic) bond motifs is 1. The van der Waals surface area contributed by atoms with Crippen molar-refractivity contribution in [3.05, 3.63) is 93.8 Å². The Morgan fingerprint density at radius 2 is 1.80 bits per heavy atom. The normalized spacial score (nSPS) is 16.3. The topological polar surface area (TPSA) is 51.1 Å². The van der Waals surface area contributed by atoms with Crippen LogP contribution in [0.25, 0.3) is 6.08 Å². The number of rotatable bonds is 3. The van der Waals surface area contributed by atoms with Crippen LogP contribution >= 0.6 is 15.9 Å². The number of ether oxygens (including phenoxy) is 2. The van der Waals surface area contributed by atoms with E-state index in [9.17, 15) is 9.18 Å². The van der Waals surface area contributed by atoms with Crippen molar-refractivity contribution < 1.29 is 18.7 Å². The van der Waals surface area contributed by atoms with Gasteiger partial charge in [-0.2, -0.15) is 0 Å². The highest BCUT2D eigenvalue weighted by Crippen LogP contribution is 2.34. The maximum absolute atomic E-state index is 13.4. The van der Waals surface area contributed by atoms with E-state index in [0.717, 1.165) is 10.0 Å². The average molecular weight is 465 g/mol. The molecule has 2 aliphatic rings. The molecule has 0 fully saturated rings. The lowest BCUT2D eigenvalue weighted by Crippen LogP contribution is -2.32. The number of nitrogens with zero attached hydrogens (tertiary/aromatic N) is 2. The highest BCUT2D eigenvalue weighted by molar-refractivity contribution is 9.10. The van der Waals surface area contributed by atoms with Gasteiger partial charge >= 0.3 is 0 Å². The van der Waals surface area contributed by atoms with Gasteiger partial charge in [-0.05, 0) is 66.2 Å². The number of amidine groups is 1. The zero-order valence-corrected chi connectivity index (χ0v) is 17.1. The van der Waals surface area contributed by atoms with Crippen LogP contribution in [0.3, 0.4) is 0 Å². The molecule has 5 nitrogen and oxygen atoms in total. The Morgan fingerprint density at radius 3 is 2.60 bits per heavy atom. The minimum atomic E-state index is -0.353. The second kappa shape index (κ2) is 7.42. The van der Waals surface area contributed by atoms with Crippen LogP contribution in [-0.2, 0) is 4.79 Å². The number of aliphatic imine (C=N–C) groups is 1. The van der Waals surface area contributed by atoms with Crippen molar-refractivity contribution in [1.82, 2.24) is 0 Å². The van der Waals surface area contributed by atoms with Crippen molar-refractivity contribution >= 4 is 39.4 Å². The second-order valence-electron chi connectivity index (χ2n) is 6.71. The Balaban J connectivity index is 1.60. The van der Waals surface area contributed by atoms with E-state index in [1.165, 1.54) is 17.0 Å². The fourth-order valence-corrected chi connectivity index (χ4v) is 3.71. The summed E-state index contributed by atoms with van der Waals surface area (Å²) in [5.41, 5.74) is 2.33. The van der Waals surface area contributed by atoms with Gasteiger partial charge in [-0.25, -0.2) is 9.38 Å². The Morgan fingerprint density at radius 1 is 1.00 bits per heavy atom. The lowest BCUT2D eigenvalue weighted by atomic mass is 10.1. The maximum atomic E-state index is 13.4. The zero-order chi connectivity index (χ0) is 20.7. The first kappa shape index (κ1) is 18.6. The van der Waals surface area contributed by atoms with Crippen molar-refractivity contribution in [2.75, 3.05) is 11.7 Å². The van der Waals surface area contributed by atoms with Crippen molar-refractivity contribution in [3.8, 4) is 11.5 Å². The summed E-state index contributed by atoms with van der Waals surface area (Å²) in [6.07, 6.45) is 1.70. The Kier molecular flexibility index (Phi) is 4.59. The van der Waals surface area contributed by atoms with E-state index in [-0.39, 0.29) is 24.2 Å². The van der Waals surface area contributed by atoms with Gasteiger partial charge in [0.2, 0.25) is 6.79 Å². The third-order valence-electron chi connectivity index (χ3n) is 4.73. The molecule has 0 aromatic heterocycles. The van der Waals surface area contributed by atoms with Gasteiger partial charge in [0.05, 0.1) is 5.69 Å². The molecule has 0 atom stereocenters. The molecule has 0 unspecified atom stereocenters. The summed E-state index contributed by atoms with van der Waals surface area (Å²) in [5.74, 6) is 1.10. The second-order valence-corrected chi connectivity index (χ2v) is 7.62.